The van der Waals surface area contributed by atoms with Gasteiger partial charge in [0.15, 0.2) is 6.10 Å². The number of nitrogens with one attached hydrogen (secondary N) is 1. The fourth-order valence-corrected chi connectivity index (χ4v) is 3.50. The van der Waals surface area contributed by atoms with Gasteiger partial charge >= 0.3 is 5.97 Å². The molecule has 0 spiro atoms. The lowest BCUT2D eigenvalue weighted by Gasteiger charge is -2.13. The van der Waals surface area contributed by atoms with Crippen LogP contribution in [0.4, 0.5) is 5.69 Å². The molecular formula is C28H23N3O6. The Kier molecular flexibility index (Phi) is 7.53. The number of nitro benzene ring substituents is 1. The predicted octanol–water partition coefficient (Wildman–Crippen LogP) is 5.19. The van der Waals surface area contributed by atoms with E-state index in [1.807, 2.05) is 49.4 Å². The Labute approximate surface area is 212 Å². The first-order chi connectivity index (χ1) is 17.8. The number of hydrogen-bond acceptors (Lipinski definition) is 7. The third-order valence-corrected chi connectivity index (χ3v) is 5.52. The third-order valence-electron chi connectivity index (χ3n) is 5.52. The number of carbonyl (C=O) groups is 2. The van der Waals surface area contributed by atoms with Crippen LogP contribution < -0.4 is 14.9 Å². The van der Waals surface area contributed by atoms with Crippen LogP contribution in [0, 0.1) is 17.0 Å². The first-order valence-corrected chi connectivity index (χ1v) is 11.4. The van der Waals surface area contributed by atoms with Gasteiger partial charge in [0, 0.05) is 17.7 Å². The summed E-state index contributed by atoms with van der Waals surface area (Å²) in [4.78, 5) is 35.5. The Hall–Kier alpha value is -5.05. The minimum Gasteiger partial charge on any atom is -0.481 e. The zero-order valence-corrected chi connectivity index (χ0v) is 20.1. The molecule has 0 aliphatic rings. The Morgan fingerprint density at radius 1 is 0.973 bits per heavy atom. The van der Waals surface area contributed by atoms with Crippen LogP contribution in [-0.4, -0.2) is 29.1 Å². The molecule has 0 aliphatic heterocycles. The van der Waals surface area contributed by atoms with Crippen molar-refractivity contribution in [1.29, 1.82) is 0 Å². The minimum atomic E-state index is -0.926. The van der Waals surface area contributed by atoms with Gasteiger partial charge in [0.1, 0.15) is 11.5 Å². The summed E-state index contributed by atoms with van der Waals surface area (Å²) in [6.07, 6.45) is 0.487. The molecule has 0 bridgehead atoms. The summed E-state index contributed by atoms with van der Waals surface area (Å²) in [5.74, 6) is -0.457. The van der Waals surface area contributed by atoms with E-state index < -0.39 is 22.9 Å². The largest absolute Gasteiger partial charge is 0.481 e. The van der Waals surface area contributed by atoms with Gasteiger partial charge in [-0.1, -0.05) is 48.0 Å². The SMILES string of the molecule is Cc1ccc(C(=O)Oc2ccc3ccccc3c2C=NNC(=O)C(C)Oc2ccc([N+](=O)[O-])cc2)cc1. The summed E-state index contributed by atoms with van der Waals surface area (Å²) >= 11 is 0. The highest BCUT2D eigenvalue weighted by Crippen LogP contribution is 2.27. The van der Waals surface area contributed by atoms with Crippen molar-refractivity contribution in [1.82, 2.24) is 5.43 Å². The second kappa shape index (κ2) is 11.1. The highest BCUT2D eigenvalue weighted by Gasteiger charge is 2.16. The molecule has 9 nitrogen and oxygen atoms in total. The van der Waals surface area contributed by atoms with Crippen molar-refractivity contribution in [3.8, 4) is 11.5 Å². The lowest BCUT2D eigenvalue weighted by atomic mass is 10.0. The van der Waals surface area contributed by atoms with Crippen LogP contribution >= 0.6 is 0 Å². The Bertz CT molecular complexity index is 1480. The fourth-order valence-electron chi connectivity index (χ4n) is 3.50. The smallest absolute Gasteiger partial charge is 0.343 e. The molecule has 0 saturated heterocycles. The lowest BCUT2D eigenvalue weighted by Crippen LogP contribution is -2.33. The number of hydrogen-bond donors (Lipinski definition) is 1. The maximum atomic E-state index is 12.7. The zero-order valence-electron chi connectivity index (χ0n) is 20.1. The molecular weight excluding hydrogens is 474 g/mol. The maximum Gasteiger partial charge on any atom is 0.343 e. The van der Waals surface area contributed by atoms with E-state index in [0.717, 1.165) is 16.3 Å². The standard InChI is InChI=1S/C28H23N3O6/c1-18-7-9-21(10-8-18)28(33)37-26-16-11-20-5-3-4-6-24(20)25(26)17-29-30-27(32)19(2)36-23-14-12-22(13-15-23)31(34)35/h3-17,19H,1-2H3,(H,30,32). The molecule has 4 aromatic carbocycles. The number of nitrogens with zero attached hydrogens (tertiary/aromatic N) is 2. The summed E-state index contributed by atoms with van der Waals surface area (Å²) in [6, 6.07) is 23.5. The van der Waals surface area contributed by atoms with Crippen LogP contribution in [0.15, 0.2) is 90.0 Å². The molecule has 4 rings (SSSR count). The summed E-state index contributed by atoms with van der Waals surface area (Å²) in [6.45, 7) is 3.46. The van der Waals surface area contributed by atoms with Gasteiger partial charge in [-0.3, -0.25) is 14.9 Å². The van der Waals surface area contributed by atoms with Crippen molar-refractivity contribution < 1.29 is 24.0 Å². The molecule has 9 heteroatoms. The van der Waals surface area contributed by atoms with E-state index in [1.54, 1.807) is 18.2 Å². The number of esters is 1. The predicted molar refractivity (Wildman–Crippen MR) is 139 cm³/mol. The van der Waals surface area contributed by atoms with Gasteiger partial charge in [0.25, 0.3) is 11.6 Å². The third kappa shape index (κ3) is 6.15. The van der Waals surface area contributed by atoms with E-state index in [-0.39, 0.29) is 11.4 Å². The number of non-ortho nitro benzene ring substituents is 1. The second-order valence-corrected chi connectivity index (χ2v) is 8.20. The van der Waals surface area contributed by atoms with E-state index in [4.69, 9.17) is 9.47 Å². The number of aryl methyl sites for hydroxylation is 1. The van der Waals surface area contributed by atoms with Gasteiger partial charge in [-0.2, -0.15) is 5.10 Å². The average Bonchev–Trinajstić information content (AvgIpc) is 2.90. The van der Waals surface area contributed by atoms with Crippen LogP contribution in [0.2, 0.25) is 0 Å². The summed E-state index contributed by atoms with van der Waals surface area (Å²) in [7, 11) is 0. The number of amides is 1. The Morgan fingerprint density at radius 3 is 2.38 bits per heavy atom. The van der Waals surface area contributed by atoms with Crippen LogP contribution in [0.3, 0.4) is 0 Å². The first-order valence-electron chi connectivity index (χ1n) is 11.4. The van der Waals surface area contributed by atoms with Crippen molar-refractivity contribution >= 4 is 34.6 Å². The zero-order chi connectivity index (χ0) is 26.4. The molecule has 1 unspecified atom stereocenters. The molecule has 0 aliphatic carbocycles. The van der Waals surface area contributed by atoms with Crippen LogP contribution in [-0.2, 0) is 4.79 Å². The number of fused-ring (bicyclic) bond motifs is 1. The maximum absolute atomic E-state index is 12.7. The fraction of sp³-hybridized carbons (Fsp3) is 0.107. The number of carbonyl (C=O) groups excluding carboxylic acids is 2. The molecule has 0 heterocycles. The molecule has 186 valence electrons. The lowest BCUT2D eigenvalue weighted by molar-refractivity contribution is -0.384. The van der Waals surface area contributed by atoms with Gasteiger partial charge in [-0.05, 0) is 55.0 Å². The van der Waals surface area contributed by atoms with Gasteiger partial charge in [-0.15, -0.1) is 0 Å². The van der Waals surface area contributed by atoms with Crippen molar-refractivity contribution in [2.75, 3.05) is 0 Å². The van der Waals surface area contributed by atoms with E-state index >= 15 is 0 Å². The van der Waals surface area contributed by atoms with Gasteiger partial charge in [-0.25, -0.2) is 10.2 Å². The van der Waals surface area contributed by atoms with E-state index in [9.17, 15) is 19.7 Å². The second-order valence-electron chi connectivity index (χ2n) is 8.20. The topological polar surface area (TPSA) is 120 Å². The minimum absolute atomic E-state index is 0.0805. The van der Waals surface area contributed by atoms with Crippen LogP contribution in [0.25, 0.3) is 10.8 Å². The number of nitro groups is 1. The summed E-state index contributed by atoms with van der Waals surface area (Å²) in [5, 5.41) is 16.5. The highest BCUT2D eigenvalue weighted by molar-refractivity contribution is 6.04. The van der Waals surface area contributed by atoms with Gasteiger partial charge in [0.2, 0.25) is 0 Å². The van der Waals surface area contributed by atoms with E-state index in [0.29, 0.717) is 16.9 Å². The number of ether oxygens (including phenoxy) is 2. The number of rotatable bonds is 8. The van der Waals surface area contributed by atoms with E-state index in [2.05, 4.69) is 10.5 Å². The molecule has 0 saturated carbocycles. The number of hydrazone groups is 1. The molecule has 1 N–H and O–H groups in total. The van der Waals surface area contributed by atoms with Crippen LogP contribution in [0.1, 0.15) is 28.4 Å². The summed E-state index contributed by atoms with van der Waals surface area (Å²) in [5.41, 5.74) is 4.29. The monoisotopic (exact) mass is 497 g/mol. The first kappa shape index (κ1) is 25.1. The molecule has 1 atom stereocenters. The molecule has 37 heavy (non-hydrogen) atoms. The average molecular weight is 498 g/mol. The molecule has 0 radical (unpaired) electrons. The van der Waals surface area contributed by atoms with Crippen molar-refractivity contribution in [3.63, 3.8) is 0 Å². The van der Waals surface area contributed by atoms with Gasteiger partial charge < -0.3 is 9.47 Å². The molecule has 4 aromatic rings. The van der Waals surface area contributed by atoms with E-state index in [1.165, 1.54) is 37.4 Å². The van der Waals surface area contributed by atoms with Crippen molar-refractivity contribution in [2.24, 2.45) is 5.10 Å². The Morgan fingerprint density at radius 2 is 1.68 bits per heavy atom. The normalized spacial score (nSPS) is 11.7. The number of benzene rings is 4. The van der Waals surface area contributed by atoms with Crippen molar-refractivity contribution in [3.05, 3.63) is 112 Å². The van der Waals surface area contributed by atoms with Crippen molar-refractivity contribution in [2.45, 2.75) is 20.0 Å². The Balaban J connectivity index is 1.50. The van der Waals surface area contributed by atoms with Gasteiger partial charge in [0.05, 0.1) is 16.7 Å². The summed E-state index contributed by atoms with van der Waals surface area (Å²) < 4.78 is 11.2. The molecule has 0 aromatic heterocycles. The highest BCUT2D eigenvalue weighted by atomic mass is 16.6. The quantitative estimate of drug-likeness (QED) is 0.118. The molecule has 0 fully saturated rings. The van der Waals surface area contributed by atoms with Crippen LogP contribution in [0.5, 0.6) is 11.5 Å². The molecule has 1 amide bonds.